The van der Waals surface area contributed by atoms with Crippen LogP contribution in [0.15, 0.2) is 59.3 Å². The number of hydrogen-bond donors (Lipinski definition) is 1. The molecule has 1 N–H and O–H groups in total. The molecule has 1 aromatic carbocycles. The molecule has 2 aromatic heterocycles. The van der Waals surface area contributed by atoms with Gasteiger partial charge in [-0.1, -0.05) is 24.3 Å². The molecule has 84 valence electrons. The number of anilines is 2. The van der Waals surface area contributed by atoms with Gasteiger partial charge >= 0.3 is 0 Å². The van der Waals surface area contributed by atoms with E-state index in [0.29, 0.717) is 0 Å². The first-order valence-corrected chi connectivity index (χ1v) is 7.12. The molecule has 0 radical (unpaired) electrons. The van der Waals surface area contributed by atoms with Crippen LogP contribution in [0.4, 0.5) is 11.4 Å². The van der Waals surface area contributed by atoms with Crippen molar-refractivity contribution in [3.63, 3.8) is 0 Å². The number of thiophene rings is 2. The highest BCUT2D eigenvalue weighted by atomic mass is 32.1. The molecule has 0 aliphatic heterocycles. The van der Waals surface area contributed by atoms with E-state index >= 15 is 0 Å². The zero-order valence-corrected chi connectivity index (χ0v) is 10.7. The third-order valence-corrected chi connectivity index (χ3v) is 4.42. The molecule has 3 heteroatoms. The summed E-state index contributed by atoms with van der Waals surface area (Å²) in [4.78, 5) is 2.65. The summed E-state index contributed by atoms with van der Waals surface area (Å²) >= 11 is 3.55. The highest BCUT2D eigenvalue weighted by Gasteiger charge is 2.03. The summed E-state index contributed by atoms with van der Waals surface area (Å²) in [6, 6.07) is 16.7. The zero-order valence-electron chi connectivity index (χ0n) is 9.09. The van der Waals surface area contributed by atoms with Crippen LogP contribution in [0.2, 0.25) is 0 Å². The molecule has 0 saturated carbocycles. The summed E-state index contributed by atoms with van der Waals surface area (Å²) in [6.45, 7) is 0. The molecule has 2 heterocycles. The van der Waals surface area contributed by atoms with Crippen molar-refractivity contribution < 1.29 is 0 Å². The fraction of sp³-hybridized carbons (Fsp3) is 0. The van der Waals surface area contributed by atoms with Crippen LogP contribution in [0.25, 0.3) is 9.75 Å². The lowest BCUT2D eigenvalue weighted by Gasteiger charge is -2.01. The molecule has 3 rings (SSSR count). The molecule has 0 spiro atoms. The van der Waals surface area contributed by atoms with Crippen molar-refractivity contribution >= 4 is 34.0 Å². The maximum Gasteiger partial charge on any atom is 0.0499 e. The lowest BCUT2D eigenvalue weighted by Crippen LogP contribution is -1.86. The van der Waals surface area contributed by atoms with Crippen LogP contribution in [-0.2, 0) is 0 Å². The largest absolute Gasteiger partial charge is 0.355 e. The normalized spacial score (nSPS) is 10.4. The Balaban J connectivity index is 1.82. The van der Waals surface area contributed by atoms with Crippen molar-refractivity contribution in [2.24, 2.45) is 0 Å². The monoisotopic (exact) mass is 257 g/mol. The average Bonchev–Trinajstić information content (AvgIpc) is 3.00. The maximum atomic E-state index is 3.40. The van der Waals surface area contributed by atoms with Crippen LogP contribution in [0.5, 0.6) is 0 Å². The summed E-state index contributed by atoms with van der Waals surface area (Å²) in [5.74, 6) is 0. The Morgan fingerprint density at radius 3 is 2.41 bits per heavy atom. The predicted molar refractivity (Wildman–Crippen MR) is 77.4 cm³/mol. The lowest BCUT2D eigenvalue weighted by molar-refractivity contribution is 1.59. The van der Waals surface area contributed by atoms with Crippen molar-refractivity contribution in [3.8, 4) is 9.75 Å². The second kappa shape index (κ2) is 4.73. The van der Waals surface area contributed by atoms with Gasteiger partial charge in [-0.05, 0) is 29.6 Å². The molecule has 3 aromatic rings. The smallest absolute Gasteiger partial charge is 0.0499 e. The average molecular weight is 257 g/mol. The Labute approximate surface area is 108 Å². The molecule has 0 aliphatic carbocycles. The van der Waals surface area contributed by atoms with Gasteiger partial charge in [-0.2, -0.15) is 0 Å². The van der Waals surface area contributed by atoms with Crippen LogP contribution in [0.3, 0.4) is 0 Å². The van der Waals surface area contributed by atoms with E-state index < -0.39 is 0 Å². The van der Waals surface area contributed by atoms with Crippen LogP contribution >= 0.6 is 22.7 Å². The van der Waals surface area contributed by atoms with Gasteiger partial charge in [-0.15, -0.1) is 22.7 Å². The Morgan fingerprint density at radius 1 is 0.765 bits per heavy atom. The van der Waals surface area contributed by atoms with Crippen molar-refractivity contribution in [1.82, 2.24) is 0 Å². The van der Waals surface area contributed by atoms with Crippen LogP contribution in [-0.4, -0.2) is 0 Å². The number of benzene rings is 1. The standard InChI is InChI=1S/C14H11NS2/c1-2-5-11(6-3-1)15-12-9-14(17-10-12)13-7-4-8-16-13/h1-10,15H. The molecule has 0 aliphatic rings. The third kappa shape index (κ3) is 2.40. The molecule has 0 amide bonds. The van der Waals surface area contributed by atoms with Gasteiger partial charge in [0.1, 0.15) is 0 Å². The maximum absolute atomic E-state index is 3.40. The van der Waals surface area contributed by atoms with Crippen LogP contribution < -0.4 is 5.32 Å². The van der Waals surface area contributed by atoms with Crippen molar-refractivity contribution in [2.45, 2.75) is 0 Å². The number of hydrogen-bond acceptors (Lipinski definition) is 3. The Kier molecular flexibility index (Phi) is 2.94. The Bertz CT molecular complexity index is 582. The third-order valence-electron chi connectivity index (χ3n) is 2.43. The van der Waals surface area contributed by atoms with Crippen LogP contribution in [0.1, 0.15) is 0 Å². The molecular weight excluding hydrogens is 246 g/mol. The predicted octanol–water partition coefficient (Wildman–Crippen LogP) is 5.22. The van der Waals surface area contributed by atoms with Gasteiger partial charge < -0.3 is 5.32 Å². The summed E-state index contributed by atoms with van der Waals surface area (Å²) in [6.07, 6.45) is 0. The van der Waals surface area contributed by atoms with Gasteiger partial charge in [0.2, 0.25) is 0 Å². The number of para-hydroxylation sites is 1. The van der Waals surface area contributed by atoms with Crippen LogP contribution in [0, 0.1) is 0 Å². The van der Waals surface area contributed by atoms with Gasteiger partial charge in [0.25, 0.3) is 0 Å². The van der Waals surface area contributed by atoms with Crippen molar-refractivity contribution in [3.05, 3.63) is 59.3 Å². The SMILES string of the molecule is c1ccc(Nc2csc(-c3cccs3)c2)cc1. The zero-order chi connectivity index (χ0) is 11.5. The highest BCUT2D eigenvalue weighted by molar-refractivity contribution is 7.20. The molecule has 0 bridgehead atoms. The quantitative estimate of drug-likeness (QED) is 0.678. The molecule has 1 nitrogen and oxygen atoms in total. The first-order valence-electron chi connectivity index (χ1n) is 5.36. The van der Waals surface area contributed by atoms with E-state index in [9.17, 15) is 0 Å². The van der Waals surface area contributed by atoms with Gasteiger partial charge in [0.05, 0.1) is 0 Å². The van der Waals surface area contributed by atoms with Crippen molar-refractivity contribution in [1.29, 1.82) is 0 Å². The molecular formula is C14H11NS2. The van der Waals surface area contributed by atoms with E-state index in [1.165, 1.54) is 9.75 Å². The highest BCUT2D eigenvalue weighted by Crippen LogP contribution is 2.33. The fourth-order valence-corrected chi connectivity index (χ4v) is 3.32. The van der Waals surface area contributed by atoms with E-state index in [-0.39, 0.29) is 0 Å². The second-order valence-corrected chi connectivity index (χ2v) is 5.53. The first kappa shape index (κ1) is 10.6. The van der Waals surface area contributed by atoms with Gasteiger partial charge in [-0.25, -0.2) is 0 Å². The van der Waals surface area contributed by atoms with E-state index in [1.54, 1.807) is 22.7 Å². The first-order chi connectivity index (χ1) is 8.42. The topological polar surface area (TPSA) is 12.0 Å². The molecule has 17 heavy (non-hydrogen) atoms. The molecule has 0 atom stereocenters. The number of rotatable bonds is 3. The molecule has 0 saturated heterocycles. The summed E-state index contributed by atoms with van der Waals surface area (Å²) in [5.41, 5.74) is 2.28. The van der Waals surface area contributed by atoms with E-state index in [1.807, 2.05) is 18.2 Å². The summed E-state index contributed by atoms with van der Waals surface area (Å²) in [7, 11) is 0. The molecule has 0 unspecified atom stereocenters. The van der Waals surface area contributed by atoms with Crippen molar-refractivity contribution in [2.75, 3.05) is 5.32 Å². The number of nitrogens with one attached hydrogen (secondary N) is 1. The minimum Gasteiger partial charge on any atom is -0.355 e. The Hall–Kier alpha value is -1.58. The minimum atomic E-state index is 1.13. The summed E-state index contributed by atoms with van der Waals surface area (Å²) < 4.78 is 0. The molecule has 0 fully saturated rings. The second-order valence-electron chi connectivity index (χ2n) is 3.67. The van der Waals surface area contributed by atoms with E-state index in [4.69, 9.17) is 0 Å². The van der Waals surface area contributed by atoms with Gasteiger partial charge in [0, 0.05) is 26.5 Å². The lowest BCUT2D eigenvalue weighted by atomic mass is 10.3. The van der Waals surface area contributed by atoms with Gasteiger partial charge in [-0.3, -0.25) is 0 Å². The Morgan fingerprint density at radius 2 is 1.65 bits per heavy atom. The van der Waals surface area contributed by atoms with E-state index in [2.05, 4.69) is 46.4 Å². The summed E-state index contributed by atoms with van der Waals surface area (Å²) in [5, 5.41) is 7.67. The van der Waals surface area contributed by atoms with Gasteiger partial charge in [0.15, 0.2) is 0 Å². The fourth-order valence-electron chi connectivity index (χ4n) is 1.64. The van der Waals surface area contributed by atoms with E-state index in [0.717, 1.165) is 11.4 Å². The minimum absolute atomic E-state index is 1.13.